The fourth-order valence-corrected chi connectivity index (χ4v) is 2.68. The third kappa shape index (κ3) is 2.90. The van der Waals surface area contributed by atoms with E-state index in [1.807, 2.05) is 0 Å². The van der Waals surface area contributed by atoms with Crippen LogP contribution in [0, 0.1) is 6.92 Å². The minimum Gasteiger partial charge on any atom is -0.497 e. The predicted molar refractivity (Wildman–Crippen MR) is 87.2 cm³/mol. The molecule has 120 valence electrons. The average molecular weight is 403 g/mol. The summed E-state index contributed by atoms with van der Waals surface area (Å²) in [6, 6.07) is 8.18. The molecule has 0 aliphatic rings. The Balaban J connectivity index is 2.27. The first-order chi connectivity index (χ1) is 10.8. The summed E-state index contributed by atoms with van der Waals surface area (Å²) in [5.41, 5.74) is 1.43. The molecule has 4 nitrogen and oxygen atoms in total. The monoisotopic (exact) mass is 401 g/mol. The molecular formula is C15H11BrClF2N3O. The fourth-order valence-electron chi connectivity index (χ4n) is 2.21. The average Bonchev–Trinajstić information content (AvgIpc) is 2.80. The Labute approximate surface area is 144 Å². The molecule has 0 aliphatic heterocycles. The molecule has 0 aliphatic carbocycles. The lowest BCUT2D eigenvalue weighted by molar-refractivity contribution is 0.0872. The van der Waals surface area contributed by atoms with Crippen molar-refractivity contribution in [3.05, 3.63) is 46.2 Å². The number of methoxy groups -OCH3 is 1. The van der Waals surface area contributed by atoms with Crippen LogP contribution in [0.15, 0.2) is 34.8 Å². The van der Waals surface area contributed by atoms with Gasteiger partial charge in [-0.3, -0.25) is 0 Å². The third-order valence-electron chi connectivity index (χ3n) is 3.37. The van der Waals surface area contributed by atoms with E-state index in [0.717, 1.165) is 4.52 Å². The number of hydrogen-bond acceptors (Lipinski definition) is 3. The van der Waals surface area contributed by atoms with Gasteiger partial charge in [-0.2, -0.15) is 13.9 Å². The summed E-state index contributed by atoms with van der Waals surface area (Å²) in [7, 11) is 1.55. The molecule has 0 fully saturated rings. The first kappa shape index (κ1) is 16.1. The molecule has 0 saturated heterocycles. The SMILES string of the molecule is COc1ccc(-c2cc(C(F)(F)Cl)n3nc(C)c(Br)c3n2)cc1. The molecule has 1 aromatic carbocycles. The molecular weight excluding hydrogens is 392 g/mol. The van der Waals surface area contributed by atoms with Crippen molar-refractivity contribution in [1.82, 2.24) is 14.6 Å². The van der Waals surface area contributed by atoms with E-state index in [2.05, 4.69) is 26.0 Å². The summed E-state index contributed by atoms with van der Waals surface area (Å²) in [5.74, 6) is 0.666. The molecule has 3 rings (SSSR count). The van der Waals surface area contributed by atoms with Gasteiger partial charge in [0.2, 0.25) is 0 Å². The van der Waals surface area contributed by atoms with Crippen molar-refractivity contribution < 1.29 is 13.5 Å². The summed E-state index contributed by atoms with van der Waals surface area (Å²) >= 11 is 8.58. The molecule has 2 aromatic heterocycles. The maximum Gasteiger partial charge on any atom is 0.364 e. The van der Waals surface area contributed by atoms with Gasteiger partial charge in [-0.05, 0) is 64.8 Å². The van der Waals surface area contributed by atoms with Crippen LogP contribution in [0.1, 0.15) is 11.4 Å². The molecule has 0 unspecified atom stereocenters. The summed E-state index contributed by atoms with van der Waals surface area (Å²) in [6.45, 7) is 1.70. The Kier molecular flexibility index (Phi) is 4.01. The molecule has 2 heterocycles. The summed E-state index contributed by atoms with van der Waals surface area (Å²) < 4.78 is 34.3. The molecule has 23 heavy (non-hydrogen) atoms. The van der Waals surface area contributed by atoms with Crippen molar-refractivity contribution in [3.8, 4) is 17.0 Å². The number of ether oxygens (including phenoxy) is 1. The highest BCUT2D eigenvalue weighted by atomic mass is 79.9. The number of aromatic nitrogens is 3. The van der Waals surface area contributed by atoms with Crippen LogP contribution in [-0.4, -0.2) is 21.7 Å². The normalized spacial score (nSPS) is 11.9. The highest BCUT2D eigenvalue weighted by Gasteiger charge is 2.33. The van der Waals surface area contributed by atoms with E-state index in [0.29, 0.717) is 27.2 Å². The molecule has 8 heteroatoms. The Morgan fingerprint density at radius 1 is 1.26 bits per heavy atom. The van der Waals surface area contributed by atoms with E-state index < -0.39 is 11.1 Å². The van der Waals surface area contributed by atoms with E-state index in [1.165, 1.54) is 6.07 Å². The molecule has 0 radical (unpaired) electrons. The second-order valence-corrected chi connectivity index (χ2v) is 6.16. The fraction of sp³-hybridized carbons (Fsp3) is 0.200. The van der Waals surface area contributed by atoms with Crippen molar-refractivity contribution in [2.24, 2.45) is 0 Å². The molecule has 0 N–H and O–H groups in total. The quantitative estimate of drug-likeness (QED) is 0.593. The molecule has 0 spiro atoms. The molecule has 0 amide bonds. The molecule has 0 atom stereocenters. The standard InChI is InChI=1S/C15H11BrClF2N3O/c1-8-13(16)14-20-11(9-3-5-10(23-2)6-4-9)7-12(15(17,18)19)22(14)21-8/h3-7H,1-2H3. The Morgan fingerprint density at radius 3 is 2.48 bits per heavy atom. The first-order valence-electron chi connectivity index (χ1n) is 6.59. The lowest BCUT2D eigenvalue weighted by Gasteiger charge is -2.12. The van der Waals surface area contributed by atoms with E-state index in [1.54, 1.807) is 38.3 Å². The lowest BCUT2D eigenvalue weighted by Crippen LogP contribution is -2.12. The van der Waals surface area contributed by atoms with Crippen molar-refractivity contribution in [3.63, 3.8) is 0 Å². The number of halogens is 4. The topological polar surface area (TPSA) is 39.4 Å². The minimum absolute atomic E-state index is 0.283. The maximum absolute atomic E-state index is 13.8. The number of aryl methyl sites for hydroxylation is 1. The highest BCUT2D eigenvalue weighted by molar-refractivity contribution is 9.10. The smallest absolute Gasteiger partial charge is 0.364 e. The summed E-state index contributed by atoms with van der Waals surface area (Å²) in [6.07, 6.45) is 0. The van der Waals surface area contributed by atoms with Gasteiger partial charge in [-0.15, -0.1) is 0 Å². The molecule has 3 aromatic rings. The second-order valence-electron chi connectivity index (χ2n) is 4.89. The number of alkyl halides is 3. The van der Waals surface area contributed by atoms with Gasteiger partial charge in [0, 0.05) is 5.56 Å². The van der Waals surface area contributed by atoms with Crippen molar-refractivity contribution in [2.45, 2.75) is 12.3 Å². The number of nitrogens with zero attached hydrogens (tertiary/aromatic N) is 3. The van der Waals surface area contributed by atoms with Gasteiger partial charge < -0.3 is 4.74 Å². The van der Waals surface area contributed by atoms with Crippen molar-refractivity contribution in [2.75, 3.05) is 7.11 Å². The maximum atomic E-state index is 13.8. The third-order valence-corrected chi connectivity index (χ3v) is 4.49. The second kappa shape index (κ2) is 5.72. The van der Waals surface area contributed by atoms with E-state index in [4.69, 9.17) is 16.3 Å². The van der Waals surface area contributed by atoms with E-state index in [-0.39, 0.29) is 5.65 Å². The van der Waals surface area contributed by atoms with E-state index >= 15 is 0 Å². The van der Waals surface area contributed by atoms with Gasteiger partial charge >= 0.3 is 5.38 Å². The lowest BCUT2D eigenvalue weighted by atomic mass is 10.1. The number of fused-ring (bicyclic) bond motifs is 1. The Hall–Kier alpha value is -1.73. The van der Waals surface area contributed by atoms with Gasteiger partial charge in [0.15, 0.2) is 5.65 Å². The van der Waals surface area contributed by atoms with Crippen LogP contribution >= 0.6 is 27.5 Å². The zero-order valence-electron chi connectivity index (χ0n) is 12.1. The van der Waals surface area contributed by atoms with Crippen LogP contribution in [0.2, 0.25) is 0 Å². The predicted octanol–water partition coefficient (Wildman–Crippen LogP) is 4.76. The van der Waals surface area contributed by atoms with Gasteiger partial charge in [0.25, 0.3) is 0 Å². The first-order valence-corrected chi connectivity index (χ1v) is 7.76. The van der Waals surface area contributed by atoms with Crippen molar-refractivity contribution >= 4 is 33.2 Å². The van der Waals surface area contributed by atoms with Crippen LogP contribution in [-0.2, 0) is 5.38 Å². The van der Waals surface area contributed by atoms with Crippen LogP contribution < -0.4 is 4.74 Å². The van der Waals surface area contributed by atoms with Crippen LogP contribution in [0.4, 0.5) is 8.78 Å². The Bertz CT molecular complexity index is 875. The molecule has 0 bridgehead atoms. The number of benzene rings is 1. The zero-order chi connectivity index (χ0) is 16.8. The summed E-state index contributed by atoms with van der Waals surface area (Å²) in [5, 5.41) is 0.495. The largest absolute Gasteiger partial charge is 0.497 e. The molecule has 0 saturated carbocycles. The highest BCUT2D eigenvalue weighted by Crippen LogP contribution is 2.36. The van der Waals surface area contributed by atoms with E-state index in [9.17, 15) is 8.78 Å². The minimum atomic E-state index is -3.57. The van der Waals surface area contributed by atoms with Gasteiger partial charge in [0.1, 0.15) is 11.4 Å². The van der Waals surface area contributed by atoms with Crippen LogP contribution in [0.5, 0.6) is 5.75 Å². The Morgan fingerprint density at radius 2 is 1.91 bits per heavy atom. The zero-order valence-corrected chi connectivity index (χ0v) is 14.5. The van der Waals surface area contributed by atoms with Crippen LogP contribution in [0.25, 0.3) is 16.9 Å². The van der Waals surface area contributed by atoms with Gasteiger partial charge in [0.05, 0.1) is 23.0 Å². The van der Waals surface area contributed by atoms with Gasteiger partial charge in [-0.1, -0.05) is 0 Å². The van der Waals surface area contributed by atoms with Crippen LogP contribution in [0.3, 0.4) is 0 Å². The number of rotatable bonds is 3. The van der Waals surface area contributed by atoms with Gasteiger partial charge in [-0.25, -0.2) is 9.50 Å². The summed E-state index contributed by atoms with van der Waals surface area (Å²) in [4.78, 5) is 4.42. The number of hydrogen-bond donors (Lipinski definition) is 0. The van der Waals surface area contributed by atoms with Crippen molar-refractivity contribution in [1.29, 1.82) is 0 Å².